The predicted octanol–water partition coefficient (Wildman–Crippen LogP) is 9.75. The Hall–Kier alpha value is -4.82. The van der Waals surface area contributed by atoms with Crippen molar-refractivity contribution in [2.45, 2.75) is 40.3 Å². The maximum atomic E-state index is 13.4. The fraction of sp³-hybridized carbons (Fsp3) is 0.256. The lowest BCUT2D eigenvalue weighted by Gasteiger charge is -2.35. The van der Waals surface area contributed by atoms with Crippen molar-refractivity contribution in [1.82, 2.24) is 14.8 Å². The number of carbonyl (C=O) groups excluding carboxylic acids is 1. The number of ether oxygens (including phenoxy) is 3. The van der Waals surface area contributed by atoms with Crippen molar-refractivity contribution in [3.8, 4) is 23.1 Å². The van der Waals surface area contributed by atoms with E-state index in [1.807, 2.05) is 73.4 Å². The molecule has 9 heteroatoms. The summed E-state index contributed by atoms with van der Waals surface area (Å²) in [5.41, 5.74) is 6.97. The normalized spacial score (nSPS) is 13.6. The van der Waals surface area contributed by atoms with Crippen LogP contribution in [0, 0.1) is 13.8 Å². The van der Waals surface area contributed by atoms with Crippen molar-refractivity contribution in [1.29, 1.82) is 0 Å². The van der Waals surface area contributed by atoms with E-state index in [-0.39, 0.29) is 5.91 Å². The van der Waals surface area contributed by atoms with Crippen LogP contribution in [-0.4, -0.2) is 53.5 Å². The Balaban J connectivity index is 0.958. The highest BCUT2D eigenvalue weighted by atomic mass is 35.5. The lowest BCUT2D eigenvalue weighted by molar-refractivity contribution is -0.128. The number of hydrogen-bond donors (Lipinski definition) is 0. The molecule has 0 bridgehead atoms. The zero-order valence-corrected chi connectivity index (χ0v) is 31.3. The topological polar surface area (TPSA) is 64.1 Å². The summed E-state index contributed by atoms with van der Waals surface area (Å²) in [5, 5.41) is 1.09. The van der Waals surface area contributed by atoms with Gasteiger partial charge in [-0.15, -0.1) is 0 Å². The maximum Gasteiger partial charge on any atom is 0.249 e. The maximum absolute atomic E-state index is 13.4. The van der Waals surface area contributed by atoms with Gasteiger partial charge >= 0.3 is 0 Å². The molecule has 6 rings (SSSR count). The summed E-state index contributed by atoms with van der Waals surface area (Å²) in [6.07, 6.45) is 4.35. The van der Waals surface area contributed by atoms with Gasteiger partial charge in [0.05, 0.1) is 17.8 Å². The first kappa shape index (κ1) is 37.0. The monoisotopic (exact) mass is 735 g/mol. The molecule has 0 spiro atoms. The first-order chi connectivity index (χ1) is 25.2. The van der Waals surface area contributed by atoms with E-state index in [4.69, 9.17) is 37.4 Å². The molecule has 268 valence electrons. The summed E-state index contributed by atoms with van der Waals surface area (Å²) >= 11 is 12.9. The average Bonchev–Trinajstić information content (AvgIpc) is 3.15. The minimum atomic E-state index is 0.0343. The van der Waals surface area contributed by atoms with Gasteiger partial charge in [-0.25, -0.2) is 4.98 Å². The van der Waals surface area contributed by atoms with E-state index in [1.165, 1.54) is 16.7 Å². The highest BCUT2D eigenvalue weighted by molar-refractivity contribution is 6.32. The summed E-state index contributed by atoms with van der Waals surface area (Å²) in [4.78, 5) is 22.1. The molecule has 1 aliphatic rings. The van der Waals surface area contributed by atoms with Crippen LogP contribution in [0.5, 0.6) is 23.1 Å². The van der Waals surface area contributed by atoms with Crippen molar-refractivity contribution in [3.05, 3.63) is 152 Å². The van der Waals surface area contributed by atoms with Gasteiger partial charge in [0.15, 0.2) is 5.75 Å². The molecule has 0 aliphatic carbocycles. The van der Waals surface area contributed by atoms with Crippen LogP contribution in [0.15, 0.2) is 109 Å². The van der Waals surface area contributed by atoms with Crippen LogP contribution in [0.25, 0.3) is 6.08 Å². The van der Waals surface area contributed by atoms with E-state index in [9.17, 15) is 4.79 Å². The van der Waals surface area contributed by atoms with Gasteiger partial charge in [0, 0.05) is 61.4 Å². The number of carbonyl (C=O) groups is 1. The van der Waals surface area contributed by atoms with E-state index < -0.39 is 0 Å². The van der Waals surface area contributed by atoms with E-state index in [1.54, 1.807) is 18.3 Å². The molecule has 0 radical (unpaired) electrons. The Kier molecular flexibility index (Phi) is 12.5. The van der Waals surface area contributed by atoms with Crippen LogP contribution in [-0.2, 0) is 24.4 Å². The fourth-order valence-corrected chi connectivity index (χ4v) is 6.53. The number of aromatic nitrogens is 1. The van der Waals surface area contributed by atoms with E-state index >= 15 is 0 Å². The average molecular weight is 737 g/mol. The molecule has 0 N–H and O–H groups in total. The lowest BCUT2D eigenvalue weighted by Crippen LogP contribution is -2.48. The molecule has 7 nitrogen and oxygen atoms in total. The minimum Gasteiger partial charge on any atom is -0.493 e. The molecule has 1 aliphatic heterocycles. The van der Waals surface area contributed by atoms with Crippen LogP contribution in [0.2, 0.25) is 10.0 Å². The standard InChI is InChI=1S/C43H43Cl2N3O4/c1-30-8-14-37(15-9-30)50-23-18-33-10-12-34(13-11-33)28-47-19-21-48(22-20-47)43(49)32(3)25-35-24-31(2)42(40(45)26-35)52-41-17-16-38(27-46-41)51-29-36-6-4-5-7-39(36)44/h4-17,24-27H,18-23,28-29H2,1-3H3. The Morgan fingerprint density at radius 3 is 2.21 bits per heavy atom. The number of benzene rings is 4. The van der Waals surface area contributed by atoms with Crippen LogP contribution >= 0.6 is 23.2 Å². The smallest absolute Gasteiger partial charge is 0.249 e. The molecule has 0 atom stereocenters. The molecule has 4 aromatic carbocycles. The second-order valence-corrected chi connectivity index (χ2v) is 13.9. The highest BCUT2D eigenvalue weighted by Crippen LogP contribution is 2.34. The van der Waals surface area contributed by atoms with Crippen LogP contribution < -0.4 is 14.2 Å². The van der Waals surface area contributed by atoms with E-state index in [0.717, 1.165) is 48.5 Å². The van der Waals surface area contributed by atoms with Gasteiger partial charge in [-0.1, -0.05) is 83.4 Å². The largest absolute Gasteiger partial charge is 0.493 e. The summed E-state index contributed by atoms with van der Waals surface area (Å²) in [6, 6.07) is 31.7. The van der Waals surface area contributed by atoms with Crippen LogP contribution in [0.1, 0.15) is 40.3 Å². The molecule has 1 fully saturated rings. The first-order valence-electron chi connectivity index (χ1n) is 17.5. The van der Waals surface area contributed by atoms with Gasteiger partial charge in [-0.2, -0.15) is 0 Å². The quantitative estimate of drug-likeness (QED) is 0.112. The Morgan fingerprint density at radius 1 is 0.808 bits per heavy atom. The summed E-state index contributed by atoms with van der Waals surface area (Å²) < 4.78 is 17.8. The van der Waals surface area contributed by atoms with Gasteiger partial charge in [0.25, 0.3) is 0 Å². The van der Waals surface area contributed by atoms with Crippen molar-refractivity contribution >= 4 is 35.2 Å². The van der Waals surface area contributed by atoms with Crippen LogP contribution in [0.3, 0.4) is 0 Å². The molecule has 0 unspecified atom stereocenters. The van der Waals surface area contributed by atoms with Crippen molar-refractivity contribution in [3.63, 3.8) is 0 Å². The molecular weight excluding hydrogens is 693 g/mol. The second kappa shape index (κ2) is 17.6. The molecule has 52 heavy (non-hydrogen) atoms. The van der Waals surface area contributed by atoms with Gasteiger partial charge < -0.3 is 19.1 Å². The summed E-state index contributed by atoms with van der Waals surface area (Å²) in [6.45, 7) is 10.7. The van der Waals surface area contributed by atoms with E-state index in [2.05, 4.69) is 53.2 Å². The van der Waals surface area contributed by atoms with Gasteiger partial charge in [-0.3, -0.25) is 9.69 Å². The molecule has 1 saturated heterocycles. The zero-order valence-electron chi connectivity index (χ0n) is 29.8. The molecule has 1 amide bonds. The number of aryl methyl sites for hydroxylation is 2. The third-order valence-corrected chi connectivity index (χ3v) is 9.66. The number of piperazine rings is 1. The van der Waals surface area contributed by atoms with Crippen LogP contribution in [0.4, 0.5) is 0 Å². The summed E-state index contributed by atoms with van der Waals surface area (Å²) in [7, 11) is 0. The predicted molar refractivity (Wildman–Crippen MR) is 209 cm³/mol. The number of pyridine rings is 1. The molecule has 0 saturated carbocycles. The Morgan fingerprint density at radius 2 is 1.52 bits per heavy atom. The number of halogens is 2. The Labute approximate surface area is 316 Å². The van der Waals surface area contributed by atoms with E-state index in [0.29, 0.717) is 59.3 Å². The van der Waals surface area contributed by atoms with Crippen molar-refractivity contribution in [2.75, 3.05) is 32.8 Å². The van der Waals surface area contributed by atoms with Crippen molar-refractivity contribution < 1.29 is 19.0 Å². The number of amides is 1. The second-order valence-electron chi connectivity index (χ2n) is 13.1. The molecule has 5 aromatic rings. The third-order valence-electron chi connectivity index (χ3n) is 9.01. The fourth-order valence-electron chi connectivity index (χ4n) is 6.02. The summed E-state index contributed by atoms with van der Waals surface area (Å²) in [5.74, 6) is 2.43. The highest BCUT2D eigenvalue weighted by Gasteiger charge is 2.22. The Bertz CT molecular complexity index is 1970. The number of nitrogens with zero attached hydrogens (tertiary/aromatic N) is 3. The molecule has 1 aromatic heterocycles. The first-order valence-corrected chi connectivity index (χ1v) is 18.2. The number of hydrogen-bond acceptors (Lipinski definition) is 6. The van der Waals surface area contributed by atoms with Gasteiger partial charge in [0.1, 0.15) is 18.1 Å². The van der Waals surface area contributed by atoms with Gasteiger partial charge in [-0.05, 0) is 85.5 Å². The number of rotatable bonds is 13. The molecule has 2 heterocycles. The zero-order chi connectivity index (χ0) is 36.5. The minimum absolute atomic E-state index is 0.0343. The third kappa shape index (κ3) is 10.2. The lowest BCUT2D eigenvalue weighted by atomic mass is 10.1. The van der Waals surface area contributed by atoms with Crippen molar-refractivity contribution in [2.24, 2.45) is 0 Å². The SMILES string of the molecule is CC(=Cc1cc(C)c(Oc2ccc(OCc3ccccc3Cl)cn2)c(Cl)c1)C(=O)N1CCN(Cc2ccc(CCOc3ccc(C)cc3)cc2)CC1. The molecular formula is C43H43Cl2N3O4. The van der Waals surface area contributed by atoms with Gasteiger partial charge in [0.2, 0.25) is 11.8 Å².